The number of nitrogens with one attached hydrogen (secondary N) is 1. The second kappa shape index (κ2) is 13.8. The highest BCUT2D eigenvalue weighted by Crippen LogP contribution is 2.28. The number of hydrogen-bond acceptors (Lipinski definition) is 4. The van der Waals surface area contributed by atoms with E-state index in [4.69, 9.17) is 23.2 Å². The second-order valence-electron chi connectivity index (χ2n) is 9.36. The van der Waals surface area contributed by atoms with Crippen LogP contribution in [-0.2, 0) is 32.6 Å². The molecule has 2 atom stereocenters. The summed E-state index contributed by atoms with van der Waals surface area (Å²) in [6.07, 6.45) is 1.94. The number of amides is 2. The topological polar surface area (TPSA) is 86.8 Å². The minimum absolute atomic E-state index is 0.00402. The van der Waals surface area contributed by atoms with Gasteiger partial charge in [-0.2, -0.15) is 0 Å². The molecule has 0 aliphatic carbocycles. The Hall–Kier alpha value is -3.07. The van der Waals surface area contributed by atoms with Crippen LogP contribution in [0.25, 0.3) is 0 Å². The van der Waals surface area contributed by atoms with E-state index in [0.29, 0.717) is 17.0 Å². The van der Waals surface area contributed by atoms with Crippen LogP contribution in [0.3, 0.4) is 0 Å². The molecule has 0 saturated carbocycles. The highest BCUT2D eigenvalue weighted by Gasteiger charge is 2.34. The number of hydrogen-bond donors (Lipinski definition) is 1. The first kappa shape index (κ1) is 30.5. The van der Waals surface area contributed by atoms with Crippen LogP contribution in [0.5, 0.6) is 0 Å². The van der Waals surface area contributed by atoms with Gasteiger partial charge in [-0.3, -0.25) is 13.9 Å². The number of sulfonamides is 1. The molecule has 0 unspecified atom stereocenters. The van der Waals surface area contributed by atoms with E-state index in [2.05, 4.69) is 5.32 Å². The molecule has 0 aromatic heterocycles. The zero-order valence-corrected chi connectivity index (χ0v) is 24.5. The van der Waals surface area contributed by atoms with E-state index in [0.717, 1.165) is 16.1 Å². The smallest absolute Gasteiger partial charge is 0.244 e. The number of carbonyl (C=O) groups is 2. The first-order valence-electron chi connectivity index (χ1n) is 12.6. The molecule has 39 heavy (non-hydrogen) atoms. The zero-order valence-electron chi connectivity index (χ0n) is 22.2. The maximum Gasteiger partial charge on any atom is 0.244 e. The number of anilines is 1. The van der Waals surface area contributed by atoms with Crippen molar-refractivity contribution < 1.29 is 18.0 Å². The Labute approximate surface area is 240 Å². The van der Waals surface area contributed by atoms with Crippen molar-refractivity contribution in [2.75, 3.05) is 17.1 Å². The summed E-state index contributed by atoms with van der Waals surface area (Å²) in [7, 11) is -3.90. The minimum Gasteiger partial charge on any atom is -0.352 e. The summed E-state index contributed by atoms with van der Waals surface area (Å²) in [5.74, 6) is -0.905. The van der Waals surface area contributed by atoms with Gasteiger partial charge in [-0.25, -0.2) is 8.42 Å². The lowest BCUT2D eigenvalue weighted by atomic mass is 10.0. The van der Waals surface area contributed by atoms with E-state index in [1.54, 1.807) is 42.5 Å². The molecule has 0 fully saturated rings. The summed E-state index contributed by atoms with van der Waals surface area (Å²) in [6.45, 7) is 3.30. The molecule has 3 aromatic rings. The molecular formula is C29H33Cl2N3O4S. The van der Waals surface area contributed by atoms with Crippen LogP contribution in [0, 0.1) is 0 Å². The van der Waals surface area contributed by atoms with Crippen molar-refractivity contribution in [2.45, 2.75) is 45.3 Å². The average Bonchev–Trinajstić information content (AvgIpc) is 2.90. The molecule has 0 radical (unpaired) electrons. The second-order valence-corrected chi connectivity index (χ2v) is 12.1. The molecule has 1 N–H and O–H groups in total. The highest BCUT2D eigenvalue weighted by atomic mass is 35.5. The monoisotopic (exact) mass is 589 g/mol. The van der Waals surface area contributed by atoms with Crippen molar-refractivity contribution in [1.82, 2.24) is 10.2 Å². The van der Waals surface area contributed by atoms with E-state index in [9.17, 15) is 18.0 Å². The first-order valence-corrected chi connectivity index (χ1v) is 15.2. The van der Waals surface area contributed by atoms with Crippen molar-refractivity contribution >= 4 is 50.7 Å². The Balaban J connectivity index is 2.08. The van der Waals surface area contributed by atoms with E-state index in [1.807, 2.05) is 44.2 Å². The van der Waals surface area contributed by atoms with Gasteiger partial charge in [-0.1, -0.05) is 90.8 Å². The molecule has 0 spiro atoms. The summed E-state index contributed by atoms with van der Waals surface area (Å²) >= 11 is 12.8. The fourth-order valence-corrected chi connectivity index (χ4v) is 5.40. The van der Waals surface area contributed by atoms with Crippen molar-refractivity contribution in [3.63, 3.8) is 0 Å². The van der Waals surface area contributed by atoms with Crippen LogP contribution in [0.4, 0.5) is 5.69 Å². The lowest BCUT2D eigenvalue weighted by Gasteiger charge is -2.34. The average molecular weight is 591 g/mol. The molecule has 208 valence electrons. The van der Waals surface area contributed by atoms with Gasteiger partial charge in [0.2, 0.25) is 21.8 Å². The van der Waals surface area contributed by atoms with Crippen molar-refractivity contribution in [3.05, 3.63) is 100 Å². The van der Waals surface area contributed by atoms with E-state index in [-0.39, 0.29) is 35.6 Å². The summed E-state index contributed by atoms with van der Waals surface area (Å²) in [6, 6.07) is 21.8. The van der Waals surface area contributed by atoms with Crippen LogP contribution in [0.15, 0.2) is 78.9 Å². The van der Waals surface area contributed by atoms with Gasteiger partial charge in [0, 0.05) is 24.0 Å². The molecule has 0 bridgehead atoms. The number of rotatable bonds is 12. The summed E-state index contributed by atoms with van der Waals surface area (Å²) < 4.78 is 26.6. The van der Waals surface area contributed by atoms with E-state index in [1.165, 1.54) is 11.0 Å². The molecule has 3 aromatic carbocycles. The molecule has 0 aliphatic heterocycles. The fourth-order valence-electron chi connectivity index (χ4n) is 4.05. The molecule has 0 saturated heterocycles. The highest BCUT2D eigenvalue weighted by molar-refractivity contribution is 7.92. The van der Waals surface area contributed by atoms with E-state index < -0.39 is 28.5 Å². The van der Waals surface area contributed by atoms with Gasteiger partial charge in [0.05, 0.1) is 17.0 Å². The maximum absolute atomic E-state index is 14.0. The Morgan fingerprint density at radius 3 is 2.08 bits per heavy atom. The molecule has 2 amide bonds. The number of halogens is 2. The predicted octanol–water partition coefficient (Wildman–Crippen LogP) is 5.31. The molecule has 3 rings (SSSR count). The largest absolute Gasteiger partial charge is 0.352 e. The third-order valence-corrected chi connectivity index (χ3v) is 8.19. The molecular weight excluding hydrogens is 557 g/mol. The van der Waals surface area contributed by atoms with Gasteiger partial charge in [0.25, 0.3) is 0 Å². The van der Waals surface area contributed by atoms with Crippen molar-refractivity contribution in [1.29, 1.82) is 0 Å². The van der Waals surface area contributed by atoms with E-state index >= 15 is 0 Å². The zero-order chi connectivity index (χ0) is 28.6. The van der Waals surface area contributed by atoms with Crippen molar-refractivity contribution in [3.8, 4) is 0 Å². The Morgan fingerprint density at radius 1 is 0.897 bits per heavy atom. The van der Waals surface area contributed by atoms with Crippen LogP contribution in [-0.4, -0.2) is 50.0 Å². The van der Waals surface area contributed by atoms with Gasteiger partial charge in [0.15, 0.2) is 0 Å². The summed E-state index contributed by atoms with van der Waals surface area (Å²) in [5.41, 5.74) is 1.66. The standard InChI is InChI=1S/C29H33Cl2N3O4S/c1-4-21(2)32-29(36)27(18-22-12-6-5-7-13-22)33(19-23-14-8-9-15-24(23)30)28(35)20-34(39(3,37)38)26-17-11-10-16-25(26)31/h5-17,21,27H,4,18-20H2,1-3H3,(H,32,36)/t21-,27+/m0/s1. The Morgan fingerprint density at radius 2 is 1.49 bits per heavy atom. The quantitative estimate of drug-likeness (QED) is 0.310. The third kappa shape index (κ3) is 8.46. The van der Waals surface area contributed by atoms with Crippen LogP contribution in [0.1, 0.15) is 31.4 Å². The first-order chi connectivity index (χ1) is 18.5. The lowest BCUT2D eigenvalue weighted by molar-refractivity contribution is -0.140. The third-order valence-electron chi connectivity index (χ3n) is 6.37. The van der Waals surface area contributed by atoms with Gasteiger partial charge in [-0.15, -0.1) is 0 Å². The van der Waals surface area contributed by atoms with Crippen LogP contribution < -0.4 is 9.62 Å². The molecule has 0 aliphatic rings. The maximum atomic E-state index is 14.0. The predicted molar refractivity (Wildman–Crippen MR) is 157 cm³/mol. The van der Waals surface area contributed by atoms with Crippen LogP contribution in [0.2, 0.25) is 10.0 Å². The van der Waals surface area contributed by atoms with Gasteiger partial charge in [0.1, 0.15) is 12.6 Å². The molecule has 10 heteroatoms. The SMILES string of the molecule is CC[C@H](C)NC(=O)[C@@H](Cc1ccccc1)N(Cc1ccccc1Cl)C(=O)CN(c1ccccc1Cl)S(C)(=O)=O. The number of benzene rings is 3. The van der Waals surface area contributed by atoms with Crippen LogP contribution >= 0.6 is 23.2 Å². The summed E-state index contributed by atoms with van der Waals surface area (Å²) in [4.78, 5) is 29.1. The Bertz CT molecular complexity index is 1390. The van der Waals surface area contributed by atoms with Gasteiger partial charge >= 0.3 is 0 Å². The van der Waals surface area contributed by atoms with Gasteiger partial charge in [-0.05, 0) is 42.7 Å². The van der Waals surface area contributed by atoms with Crippen molar-refractivity contribution in [2.24, 2.45) is 0 Å². The number of para-hydroxylation sites is 1. The molecule has 0 heterocycles. The fraction of sp³-hybridized carbons (Fsp3) is 0.310. The minimum atomic E-state index is -3.90. The lowest BCUT2D eigenvalue weighted by Crippen LogP contribution is -2.54. The number of nitrogens with zero attached hydrogens (tertiary/aromatic N) is 2. The Kier molecular flexibility index (Phi) is 10.8. The number of carbonyl (C=O) groups excluding carboxylic acids is 2. The van der Waals surface area contributed by atoms with Gasteiger partial charge < -0.3 is 10.2 Å². The molecule has 7 nitrogen and oxygen atoms in total. The normalized spacial score (nSPS) is 12.8. The summed E-state index contributed by atoms with van der Waals surface area (Å²) in [5, 5.41) is 3.61.